The van der Waals surface area contributed by atoms with Crippen molar-refractivity contribution in [3.63, 3.8) is 0 Å². The minimum atomic E-state index is -1.45. The molecule has 0 aromatic heterocycles. The standard InChI is InChI=1S/C20H23FN4O6.Na/c1-13(26)22-11-15-12-25(20(30)31-15)14-2-3-17(16(21)10-14)23-6-8-24(9-7-23)18(27)4-5-19(28)29;/h2-5,10,15H,6-9,11-12H2,1H3,(H,22,26)(H,28,29);/q;+1/p-1/b5-4+;/t15-;/m0./s1. The number of nitrogens with zero attached hydrogens (tertiary/aromatic N) is 3. The van der Waals surface area contributed by atoms with E-state index in [0.29, 0.717) is 43.6 Å². The van der Waals surface area contributed by atoms with E-state index in [1.165, 1.54) is 22.8 Å². The van der Waals surface area contributed by atoms with E-state index in [1.807, 2.05) is 0 Å². The molecule has 2 aliphatic heterocycles. The van der Waals surface area contributed by atoms with E-state index in [9.17, 15) is 28.7 Å². The van der Waals surface area contributed by atoms with Crippen molar-refractivity contribution < 1.29 is 63.0 Å². The van der Waals surface area contributed by atoms with Gasteiger partial charge < -0.3 is 29.8 Å². The van der Waals surface area contributed by atoms with Gasteiger partial charge in [0.1, 0.15) is 11.9 Å². The molecule has 2 aliphatic rings. The van der Waals surface area contributed by atoms with Crippen molar-refractivity contribution in [2.75, 3.05) is 49.1 Å². The van der Waals surface area contributed by atoms with Crippen LogP contribution in [0.15, 0.2) is 30.4 Å². The van der Waals surface area contributed by atoms with Crippen LogP contribution in [0.1, 0.15) is 6.92 Å². The van der Waals surface area contributed by atoms with E-state index < -0.39 is 29.9 Å². The number of nitrogens with one attached hydrogen (secondary N) is 1. The number of piperazine rings is 1. The maximum Gasteiger partial charge on any atom is 1.00 e. The minimum Gasteiger partial charge on any atom is -0.545 e. The van der Waals surface area contributed by atoms with Gasteiger partial charge in [0, 0.05) is 39.2 Å². The molecule has 0 aliphatic carbocycles. The maximum atomic E-state index is 14.8. The normalized spacial score (nSPS) is 18.4. The number of benzene rings is 1. The van der Waals surface area contributed by atoms with E-state index >= 15 is 0 Å². The molecular weight excluding hydrogens is 434 g/mol. The first-order valence-corrected chi connectivity index (χ1v) is 9.69. The molecule has 2 fully saturated rings. The van der Waals surface area contributed by atoms with Crippen LogP contribution in [0.25, 0.3) is 0 Å². The summed E-state index contributed by atoms with van der Waals surface area (Å²) in [5.74, 6) is -2.65. The number of hydrogen-bond donors (Lipinski definition) is 1. The average Bonchev–Trinajstić information content (AvgIpc) is 3.11. The Hall–Kier alpha value is -2.63. The Kier molecular flexibility index (Phi) is 9.05. The Morgan fingerprint density at radius 3 is 2.50 bits per heavy atom. The Labute approximate surface area is 206 Å². The van der Waals surface area contributed by atoms with Crippen LogP contribution in [-0.4, -0.2) is 74.1 Å². The van der Waals surface area contributed by atoms with Gasteiger partial charge in [0.05, 0.1) is 30.4 Å². The molecule has 1 aromatic carbocycles. The summed E-state index contributed by atoms with van der Waals surface area (Å²) in [6.45, 7) is 3.08. The van der Waals surface area contributed by atoms with Gasteiger partial charge in [0.2, 0.25) is 11.8 Å². The molecule has 2 saturated heterocycles. The van der Waals surface area contributed by atoms with Gasteiger partial charge in [-0.1, -0.05) is 0 Å². The second-order valence-corrected chi connectivity index (χ2v) is 7.15. The molecule has 0 unspecified atom stereocenters. The summed E-state index contributed by atoms with van der Waals surface area (Å²) in [4.78, 5) is 50.0. The summed E-state index contributed by atoms with van der Waals surface area (Å²) in [5, 5.41) is 13.0. The molecule has 32 heavy (non-hydrogen) atoms. The Bertz CT molecular complexity index is 919. The van der Waals surface area contributed by atoms with Gasteiger partial charge in [0.25, 0.3) is 0 Å². The molecule has 1 N–H and O–H groups in total. The summed E-state index contributed by atoms with van der Waals surface area (Å²) >= 11 is 0. The van der Waals surface area contributed by atoms with Crippen molar-refractivity contribution in [1.82, 2.24) is 10.2 Å². The molecule has 2 heterocycles. The van der Waals surface area contributed by atoms with Crippen LogP contribution in [0.4, 0.5) is 20.6 Å². The van der Waals surface area contributed by atoms with E-state index in [1.54, 1.807) is 17.0 Å². The number of carbonyl (C=O) groups is 4. The number of amides is 3. The third kappa shape index (κ3) is 6.44. The number of anilines is 2. The summed E-state index contributed by atoms with van der Waals surface area (Å²) in [5.41, 5.74) is 0.682. The van der Waals surface area contributed by atoms with Crippen LogP contribution >= 0.6 is 0 Å². The predicted molar refractivity (Wildman–Crippen MR) is 106 cm³/mol. The van der Waals surface area contributed by atoms with Crippen LogP contribution in [-0.2, 0) is 19.1 Å². The van der Waals surface area contributed by atoms with Crippen LogP contribution in [0.3, 0.4) is 0 Å². The van der Waals surface area contributed by atoms with Crippen LogP contribution in [0.5, 0.6) is 0 Å². The van der Waals surface area contributed by atoms with Crippen molar-refractivity contribution in [2.24, 2.45) is 0 Å². The molecule has 10 nitrogen and oxygen atoms in total. The number of carboxylic acids is 1. The van der Waals surface area contributed by atoms with Gasteiger partial charge in [-0.15, -0.1) is 0 Å². The van der Waals surface area contributed by atoms with Gasteiger partial charge in [-0.05, 0) is 24.3 Å². The molecule has 1 atom stereocenters. The van der Waals surface area contributed by atoms with Crippen molar-refractivity contribution in [2.45, 2.75) is 13.0 Å². The largest absolute Gasteiger partial charge is 1.00 e. The molecule has 0 saturated carbocycles. The third-order valence-corrected chi connectivity index (χ3v) is 4.99. The van der Waals surface area contributed by atoms with Crippen LogP contribution in [0.2, 0.25) is 0 Å². The number of halogens is 1. The number of aliphatic carboxylic acids is 1. The fourth-order valence-corrected chi connectivity index (χ4v) is 3.43. The number of ether oxygens (including phenoxy) is 1. The topological polar surface area (TPSA) is 122 Å². The van der Waals surface area contributed by atoms with Gasteiger partial charge >= 0.3 is 35.7 Å². The van der Waals surface area contributed by atoms with Gasteiger partial charge in [-0.2, -0.15) is 0 Å². The van der Waals surface area contributed by atoms with E-state index in [-0.39, 0.29) is 48.6 Å². The third-order valence-electron chi connectivity index (χ3n) is 4.99. The zero-order valence-corrected chi connectivity index (χ0v) is 19.9. The summed E-state index contributed by atoms with van der Waals surface area (Å²) in [7, 11) is 0. The van der Waals surface area contributed by atoms with Gasteiger partial charge in [-0.3, -0.25) is 14.5 Å². The van der Waals surface area contributed by atoms with E-state index in [0.717, 1.165) is 6.08 Å². The zero-order chi connectivity index (χ0) is 22.5. The van der Waals surface area contributed by atoms with Crippen molar-refractivity contribution >= 4 is 35.3 Å². The maximum absolute atomic E-state index is 14.8. The van der Waals surface area contributed by atoms with Gasteiger partial charge in [0.15, 0.2) is 0 Å². The number of carboxylic acid groups (broad SMARTS) is 1. The molecule has 3 rings (SSSR count). The first kappa shape index (κ1) is 25.6. The fourth-order valence-electron chi connectivity index (χ4n) is 3.43. The SMILES string of the molecule is CC(=O)NC[C@H]1CN(c2ccc(N3CCN(C(=O)/C=C/C(=O)[O-])CC3)c(F)c2)C(=O)O1.[Na+]. The second kappa shape index (κ2) is 11.3. The number of cyclic esters (lactones) is 1. The molecular formula is C20H22FN4NaO6. The first-order chi connectivity index (χ1) is 14.7. The molecule has 0 radical (unpaired) electrons. The monoisotopic (exact) mass is 456 g/mol. The van der Waals surface area contributed by atoms with E-state index in [4.69, 9.17) is 4.74 Å². The van der Waals surface area contributed by atoms with Gasteiger partial charge in [-0.25, -0.2) is 9.18 Å². The van der Waals surface area contributed by atoms with Crippen molar-refractivity contribution in [3.8, 4) is 0 Å². The Morgan fingerprint density at radius 1 is 1.22 bits per heavy atom. The smallest absolute Gasteiger partial charge is 0.545 e. The number of hydrogen-bond acceptors (Lipinski definition) is 7. The predicted octanol–water partition coefficient (Wildman–Crippen LogP) is -3.75. The summed E-state index contributed by atoms with van der Waals surface area (Å²) < 4.78 is 20.0. The quantitative estimate of drug-likeness (QED) is 0.345. The zero-order valence-electron chi connectivity index (χ0n) is 17.9. The molecule has 166 valence electrons. The van der Waals surface area contributed by atoms with Crippen LogP contribution in [0, 0.1) is 5.82 Å². The summed E-state index contributed by atoms with van der Waals surface area (Å²) in [6.07, 6.45) is 0.487. The molecule has 0 bridgehead atoms. The molecule has 0 spiro atoms. The first-order valence-electron chi connectivity index (χ1n) is 9.69. The average molecular weight is 456 g/mol. The number of rotatable bonds is 6. The van der Waals surface area contributed by atoms with Crippen LogP contribution < -0.4 is 49.8 Å². The summed E-state index contributed by atoms with van der Waals surface area (Å²) in [6, 6.07) is 4.42. The van der Waals surface area contributed by atoms with Crippen molar-refractivity contribution in [1.29, 1.82) is 0 Å². The molecule has 3 amide bonds. The van der Waals surface area contributed by atoms with Crippen molar-refractivity contribution in [3.05, 3.63) is 36.2 Å². The minimum absolute atomic E-state index is 0. The molecule has 1 aromatic rings. The molecule has 12 heteroatoms. The Morgan fingerprint density at radius 2 is 1.91 bits per heavy atom. The Balaban J connectivity index is 0.00000363. The fraction of sp³-hybridized carbons (Fsp3) is 0.400. The second-order valence-electron chi connectivity index (χ2n) is 7.15. The number of carbonyl (C=O) groups excluding carboxylic acids is 4. The van der Waals surface area contributed by atoms with E-state index in [2.05, 4.69) is 5.32 Å².